The van der Waals surface area contributed by atoms with E-state index in [0.717, 1.165) is 10.8 Å². The Hall–Kier alpha value is -3.71. The SMILES string of the molecule is C/C(=N\C(=S)/N=C(\C)c1cc2ccccc2oc1=O)c1cc2ccccc2oc1=O. The van der Waals surface area contributed by atoms with Crippen molar-refractivity contribution < 1.29 is 8.83 Å². The van der Waals surface area contributed by atoms with Crippen molar-refractivity contribution >= 4 is 50.7 Å². The maximum Gasteiger partial charge on any atom is 0.345 e. The van der Waals surface area contributed by atoms with Crippen molar-refractivity contribution in [2.24, 2.45) is 9.98 Å². The smallest absolute Gasteiger partial charge is 0.345 e. The van der Waals surface area contributed by atoms with Gasteiger partial charge >= 0.3 is 11.3 Å². The summed E-state index contributed by atoms with van der Waals surface area (Å²) >= 11 is 5.24. The predicted molar refractivity (Wildman–Crippen MR) is 122 cm³/mol. The Morgan fingerprint density at radius 2 is 1.13 bits per heavy atom. The summed E-state index contributed by atoms with van der Waals surface area (Å²) in [4.78, 5) is 33.1. The lowest BCUT2D eigenvalue weighted by Crippen LogP contribution is -2.15. The fourth-order valence-corrected chi connectivity index (χ4v) is 3.33. The molecule has 0 saturated heterocycles. The first-order valence-corrected chi connectivity index (χ1v) is 9.54. The minimum absolute atomic E-state index is 0.00915. The largest absolute Gasteiger partial charge is 0.422 e. The zero-order valence-electron chi connectivity index (χ0n) is 16.2. The number of nitrogens with zero attached hydrogens (tertiary/aromatic N) is 2. The molecule has 4 aromatic rings. The quantitative estimate of drug-likeness (QED) is 0.273. The number of fused-ring (bicyclic) bond motifs is 2. The molecule has 0 amide bonds. The first-order chi connectivity index (χ1) is 14.4. The molecule has 2 heterocycles. The molecule has 0 spiro atoms. The summed E-state index contributed by atoms with van der Waals surface area (Å²) in [6.45, 7) is 3.31. The maximum atomic E-state index is 12.3. The first-order valence-electron chi connectivity index (χ1n) is 9.13. The molecule has 30 heavy (non-hydrogen) atoms. The van der Waals surface area contributed by atoms with Crippen LogP contribution >= 0.6 is 12.2 Å². The molecule has 2 aromatic heterocycles. The molecule has 6 nitrogen and oxygen atoms in total. The third kappa shape index (κ3) is 3.88. The molecule has 148 valence electrons. The zero-order valence-corrected chi connectivity index (χ0v) is 17.0. The Labute approximate surface area is 176 Å². The molecule has 0 aliphatic carbocycles. The highest BCUT2D eigenvalue weighted by Gasteiger charge is 2.11. The van der Waals surface area contributed by atoms with Gasteiger partial charge in [-0.15, -0.1) is 0 Å². The van der Waals surface area contributed by atoms with Crippen molar-refractivity contribution in [1.82, 2.24) is 0 Å². The Bertz CT molecular complexity index is 1370. The highest BCUT2D eigenvalue weighted by atomic mass is 32.1. The van der Waals surface area contributed by atoms with Crippen LogP contribution in [0.1, 0.15) is 25.0 Å². The maximum absolute atomic E-state index is 12.3. The van der Waals surface area contributed by atoms with Gasteiger partial charge in [0.1, 0.15) is 11.2 Å². The van der Waals surface area contributed by atoms with Gasteiger partial charge in [-0.05, 0) is 50.3 Å². The van der Waals surface area contributed by atoms with Crippen LogP contribution in [0.4, 0.5) is 0 Å². The molecule has 2 aromatic carbocycles. The molecule has 0 N–H and O–H groups in total. The molecule has 7 heteroatoms. The minimum atomic E-state index is -0.506. The number of hydrogen-bond acceptors (Lipinski definition) is 5. The summed E-state index contributed by atoms with van der Waals surface area (Å²) in [6.07, 6.45) is 0. The standard InChI is InChI=1S/C23H16N2O4S/c1-13(17-11-15-7-3-5-9-19(15)28-21(17)26)24-23(30)25-14(2)18-12-16-8-4-6-10-20(16)29-22(18)27/h3-12H,1-2H3/b24-13+,25-14+. The van der Waals surface area contributed by atoms with Crippen LogP contribution in [0, 0.1) is 0 Å². The molecule has 0 aliphatic rings. The van der Waals surface area contributed by atoms with E-state index >= 15 is 0 Å². The van der Waals surface area contributed by atoms with E-state index in [9.17, 15) is 9.59 Å². The van der Waals surface area contributed by atoms with Crippen molar-refractivity contribution in [3.05, 3.63) is 92.6 Å². The Morgan fingerprint density at radius 3 is 1.57 bits per heavy atom. The lowest BCUT2D eigenvalue weighted by molar-refractivity contribution is 0.559. The average molecular weight is 416 g/mol. The Balaban J connectivity index is 1.68. The van der Waals surface area contributed by atoms with Gasteiger partial charge in [-0.1, -0.05) is 36.4 Å². The molecule has 0 aliphatic heterocycles. The molecule has 4 rings (SSSR count). The summed E-state index contributed by atoms with van der Waals surface area (Å²) in [5.41, 5.74) is 1.34. The van der Waals surface area contributed by atoms with Crippen molar-refractivity contribution in [2.45, 2.75) is 13.8 Å². The highest BCUT2D eigenvalue weighted by molar-refractivity contribution is 7.80. The highest BCUT2D eigenvalue weighted by Crippen LogP contribution is 2.14. The van der Waals surface area contributed by atoms with E-state index < -0.39 is 11.3 Å². The second kappa shape index (κ2) is 7.96. The van der Waals surface area contributed by atoms with Crippen molar-refractivity contribution in [2.75, 3.05) is 0 Å². The van der Waals surface area contributed by atoms with E-state index in [4.69, 9.17) is 21.1 Å². The fourth-order valence-electron chi connectivity index (χ4n) is 3.06. The van der Waals surface area contributed by atoms with E-state index in [1.54, 1.807) is 50.2 Å². The minimum Gasteiger partial charge on any atom is -0.422 e. The van der Waals surface area contributed by atoms with Crippen LogP contribution in [0.3, 0.4) is 0 Å². The van der Waals surface area contributed by atoms with Crippen LogP contribution in [0.5, 0.6) is 0 Å². The topological polar surface area (TPSA) is 85.1 Å². The van der Waals surface area contributed by atoms with Crippen LogP contribution in [-0.4, -0.2) is 16.5 Å². The molecule has 0 radical (unpaired) electrons. The number of para-hydroxylation sites is 2. The Kier molecular flexibility index (Phi) is 5.20. The van der Waals surface area contributed by atoms with Crippen molar-refractivity contribution in [3.63, 3.8) is 0 Å². The van der Waals surface area contributed by atoms with Crippen LogP contribution in [0.15, 0.2) is 89.1 Å². The van der Waals surface area contributed by atoms with E-state index in [0.29, 0.717) is 33.7 Å². The normalized spacial score (nSPS) is 12.5. The van der Waals surface area contributed by atoms with Gasteiger partial charge in [0.2, 0.25) is 5.11 Å². The second-order valence-electron chi connectivity index (χ2n) is 6.65. The van der Waals surface area contributed by atoms with Gasteiger partial charge in [0.15, 0.2) is 0 Å². The molecular formula is C23H16N2O4S. The van der Waals surface area contributed by atoms with Gasteiger partial charge in [0.05, 0.1) is 22.6 Å². The fraction of sp³-hybridized carbons (Fsp3) is 0.0870. The summed E-state index contributed by atoms with van der Waals surface area (Å²) in [6, 6.07) is 17.8. The Morgan fingerprint density at radius 1 is 0.733 bits per heavy atom. The summed E-state index contributed by atoms with van der Waals surface area (Å²) in [5.74, 6) is 0. The summed E-state index contributed by atoms with van der Waals surface area (Å²) in [7, 11) is 0. The van der Waals surface area contributed by atoms with Gasteiger partial charge in [-0.3, -0.25) is 0 Å². The van der Waals surface area contributed by atoms with Crippen LogP contribution < -0.4 is 11.3 Å². The zero-order chi connectivity index (χ0) is 21.3. The second-order valence-corrected chi connectivity index (χ2v) is 7.01. The number of rotatable bonds is 2. The molecule has 0 bridgehead atoms. The summed E-state index contributed by atoms with van der Waals surface area (Å²) in [5, 5.41) is 1.55. The van der Waals surface area contributed by atoms with Gasteiger partial charge in [-0.25, -0.2) is 19.6 Å². The van der Waals surface area contributed by atoms with Gasteiger partial charge in [-0.2, -0.15) is 0 Å². The third-order valence-corrected chi connectivity index (χ3v) is 4.77. The van der Waals surface area contributed by atoms with E-state index in [-0.39, 0.29) is 5.11 Å². The average Bonchev–Trinajstić information content (AvgIpc) is 2.72. The van der Waals surface area contributed by atoms with Crippen molar-refractivity contribution in [1.29, 1.82) is 0 Å². The number of hydrogen-bond donors (Lipinski definition) is 0. The summed E-state index contributed by atoms with van der Waals surface area (Å²) < 4.78 is 10.7. The lowest BCUT2D eigenvalue weighted by atomic mass is 10.1. The molecule has 0 unspecified atom stereocenters. The lowest BCUT2D eigenvalue weighted by Gasteiger charge is -2.03. The van der Waals surface area contributed by atoms with E-state index in [1.807, 2.05) is 24.3 Å². The molecule has 0 fully saturated rings. The molecular weight excluding hydrogens is 400 g/mol. The predicted octanol–water partition coefficient (Wildman–Crippen LogP) is 4.50. The first kappa shape index (κ1) is 19.6. The van der Waals surface area contributed by atoms with Crippen molar-refractivity contribution in [3.8, 4) is 0 Å². The van der Waals surface area contributed by atoms with Crippen LogP contribution in [0.25, 0.3) is 21.9 Å². The van der Waals surface area contributed by atoms with E-state index in [2.05, 4.69) is 9.98 Å². The third-order valence-electron chi connectivity index (χ3n) is 4.59. The van der Waals surface area contributed by atoms with Gasteiger partial charge in [0.25, 0.3) is 0 Å². The van der Waals surface area contributed by atoms with Gasteiger partial charge < -0.3 is 8.83 Å². The monoisotopic (exact) mass is 416 g/mol. The number of thiocarbonyl (C=S) groups is 1. The molecule has 0 atom stereocenters. The van der Waals surface area contributed by atoms with Gasteiger partial charge in [0, 0.05) is 10.8 Å². The van der Waals surface area contributed by atoms with Crippen LogP contribution in [-0.2, 0) is 0 Å². The number of benzene rings is 2. The molecule has 0 saturated carbocycles. The van der Waals surface area contributed by atoms with E-state index in [1.165, 1.54) is 0 Å². The van der Waals surface area contributed by atoms with Crippen LogP contribution in [0.2, 0.25) is 0 Å². The number of aliphatic imine (C=N–C) groups is 2.